The van der Waals surface area contributed by atoms with Gasteiger partial charge in [-0.2, -0.15) is 0 Å². The van der Waals surface area contributed by atoms with Gasteiger partial charge in [-0.25, -0.2) is 9.69 Å². The van der Waals surface area contributed by atoms with Crippen LogP contribution in [0.3, 0.4) is 0 Å². The number of anilines is 1. The highest BCUT2D eigenvalue weighted by Crippen LogP contribution is 2.43. The SMILES string of the molecule is O=C(O)N1CCC2=NC(c3ccccc3)SC(Nc3ccccc3)=C2C1=O. The van der Waals surface area contributed by atoms with E-state index in [-0.39, 0.29) is 11.9 Å². The molecule has 136 valence electrons. The zero-order chi connectivity index (χ0) is 18.8. The molecule has 2 N–H and O–H groups in total. The third-order valence-corrected chi connectivity index (χ3v) is 5.54. The number of piperidine rings is 1. The van der Waals surface area contributed by atoms with Gasteiger partial charge in [-0.05, 0) is 17.7 Å². The van der Waals surface area contributed by atoms with Gasteiger partial charge in [-0.1, -0.05) is 60.3 Å². The maximum atomic E-state index is 12.8. The van der Waals surface area contributed by atoms with Crippen LogP contribution in [0.2, 0.25) is 0 Å². The van der Waals surface area contributed by atoms with Crippen molar-refractivity contribution in [3.8, 4) is 0 Å². The topological polar surface area (TPSA) is 82.0 Å². The Labute approximate surface area is 160 Å². The van der Waals surface area contributed by atoms with Crippen LogP contribution in [0.1, 0.15) is 17.4 Å². The Balaban J connectivity index is 1.75. The number of nitrogens with one attached hydrogen (secondary N) is 1. The number of para-hydroxylation sites is 1. The largest absolute Gasteiger partial charge is 0.465 e. The molecule has 1 unspecified atom stereocenters. The lowest BCUT2D eigenvalue weighted by Gasteiger charge is -2.32. The Morgan fingerprint density at radius 3 is 2.44 bits per heavy atom. The zero-order valence-corrected chi connectivity index (χ0v) is 15.1. The average Bonchev–Trinajstić information content (AvgIpc) is 2.69. The van der Waals surface area contributed by atoms with Crippen molar-refractivity contribution < 1.29 is 14.7 Å². The number of hydrogen-bond acceptors (Lipinski definition) is 5. The van der Waals surface area contributed by atoms with Crippen LogP contribution in [0.15, 0.2) is 76.3 Å². The van der Waals surface area contributed by atoms with E-state index < -0.39 is 12.0 Å². The number of imide groups is 1. The first kappa shape index (κ1) is 17.4. The minimum Gasteiger partial charge on any atom is -0.465 e. The van der Waals surface area contributed by atoms with Gasteiger partial charge in [0.2, 0.25) is 0 Å². The Morgan fingerprint density at radius 2 is 1.78 bits per heavy atom. The third kappa shape index (κ3) is 3.46. The molecule has 2 amide bonds. The second-order valence-corrected chi connectivity index (χ2v) is 7.23. The molecule has 0 bridgehead atoms. The van der Waals surface area contributed by atoms with Gasteiger partial charge in [-0.3, -0.25) is 9.79 Å². The minimum absolute atomic E-state index is 0.126. The van der Waals surface area contributed by atoms with E-state index >= 15 is 0 Å². The summed E-state index contributed by atoms with van der Waals surface area (Å²) in [5.41, 5.74) is 2.88. The van der Waals surface area contributed by atoms with E-state index in [1.165, 1.54) is 11.8 Å². The van der Waals surface area contributed by atoms with Gasteiger partial charge in [-0.15, -0.1) is 0 Å². The van der Waals surface area contributed by atoms with Crippen molar-refractivity contribution in [1.82, 2.24) is 4.90 Å². The number of carbonyl (C=O) groups excluding carboxylic acids is 1. The molecule has 0 aromatic heterocycles. The third-order valence-electron chi connectivity index (χ3n) is 4.40. The second-order valence-electron chi connectivity index (χ2n) is 6.14. The summed E-state index contributed by atoms with van der Waals surface area (Å²) in [7, 11) is 0. The summed E-state index contributed by atoms with van der Waals surface area (Å²) in [5, 5.41) is 13.1. The number of hydrogen-bond donors (Lipinski definition) is 2. The Bertz CT molecular complexity index is 941. The van der Waals surface area contributed by atoms with Crippen LogP contribution >= 0.6 is 11.8 Å². The molecule has 2 aromatic rings. The van der Waals surface area contributed by atoms with Crippen LogP contribution in [-0.2, 0) is 4.79 Å². The summed E-state index contributed by atoms with van der Waals surface area (Å²) >= 11 is 1.42. The molecular formula is C20H17N3O3S. The Morgan fingerprint density at radius 1 is 1.11 bits per heavy atom. The molecule has 4 rings (SSSR count). The first-order valence-corrected chi connectivity index (χ1v) is 9.41. The Hall–Kier alpha value is -3.06. The Kier molecular flexibility index (Phi) is 4.68. The fourth-order valence-electron chi connectivity index (χ4n) is 3.09. The average molecular weight is 379 g/mol. The lowest BCUT2D eigenvalue weighted by Crippen LogP contribution is -2.45. The highest BCUT2D eigenvalue weighted by molar-refractivity contribution is 8.03. The normalized spacial score (nSPS) is 19.4. The number of likely N-dealkylation sites (tertiary alicyclic amines) is 1. The summed E-state index contributed by atoms with van der Waals surface area (Å²) in [4.78, 5) is 29.8. The summed E-state index contributed by atoms with van der Waals surface area (Å²) in [6, 6.07) is 19.4. The molecule has 1 atom stereocenters. The fraction of sp³-hybridized carbons (Fsp3) is 0.150. The molecule has 27 heavy (non-hydrogen) atoms. The molecular weight excluding hydrogens is 362 g/mol. The van der Waals surface area contributed by atoms with E-state index in [0.29, 0.717) is 22.7 Å². The molecule has 2 aromatic carbocycles. The lowest BCUT2D eigenvalue weighted by molar-refractivity contribution is -0.125. The highest BCUT2D eigenvalue weighted by Gasteiger charge is 2.38. The van der Waals surface area contributed by atoms with E-state index in [0.717, 1.165) is 16.2 Å². The van der Waals surface area contributed by atoms with Crippen molar-refractivity contribution in [2.75, 3.05) is 11.9 Å². The molecule has 2 aliphatic heterocycles. The van der Waals surface area contributed by atoms with Gasteiger partial charge in [0, 0.05) is 18.7 Å². The number of aliphatic imine (C=N–C) groups is 1. The molecule has 7 heteroatoms. The van der Waals surface area contributed by atoms with Crippen LogP contribution in [0, 0.1) is 0 Å². The quantitative estimate of drug-likeness (QED) is 0.839. The van der Waals surface area contributed by atoms with E-state index in [1.807, 2.05) is 60.7 Å². The first-order chi connectivity index (χ1) is 13.1. The van der Waals surface area contributed by atoms with Gasteiger partial charge in [0.25, 0.3) is 5.91 Å². The molecule has 6 nitrogen and oxygen atoms in total. The maximum absolute atomic E-state index is 12.8. The van der Waals surface area contributed by atoms with Crippen LogP contribution in [-0.4, -0.2) is 34.3 Å². The fourth-order valence-corrected chi connectivity index (χ4v) is 4.28. The standard InChI is InChI=1S/C20H17N3O3S/c24-19-16-15(11-12-23(19)20(25)26)22-17(13-7-3-1-4-8-13)27-18(16)21-14-9-5-2-6-10-14/h1-10,17,21H,11-12H2,(H,25,26). The number of nitrogens with zero attached hydrogens (tertiary/aromatic N) is 2. The van der Waals surface area contributed by atoms with Crippen LogP contribution in [0.25, 0.3) is 0 Å². The molecule has 0 aliphatic carbocycles. The summed E-state index contributed by atoms with van der Waals surface area (Å²) in [6.45, 7) is 0.126. The van der Waals surface area contributed by atoms with Crippen molar-refractivity contribution in [2.45, 2.75) is 11.8 Å². The summed E-state index contributed by atoms with van der Waals surface area (Å²) in [5.74, 6) is -0.523. The van der Waals surface area contributed by atoms with Gasteiger partial charge in [0.15, 0.2) is 0 Å². The molecule has 2 heterocycles. The zero-order valence-electron chi connectivity index (χ0n) is 14.3. The minimum atomic E-state index is -1.24. The molecule has 2 aliphatic rings. The van der Waals surface area contributed by atoms with Crippen molar-refractivity contribution in [2.24, 2.45) is 4.99 Å². The van der Waals surface area contributed by atoms with Crippen LogP contribution in [0.5, 0.6) is 0 Å². The van der Waals surface area contributed by atoms with E-state index in [4.69, 9.17) is 4.99 Å². The predicted octanol–water partition coefficient (Wildman–Crippen LogP) is 4.11. The highest BCUT2D eigenvalue weighted by atomic mass is 32.2. The second kappa shape index (κ2) is 7.28. The van der Waals surface area contributed by atoms with Crippen molar-refractivity contribution in [3.63, 3.8) is 0 Å². The van der Waals surface area contributed by atoms with Gasteiger partial charge in [0.1, 0.15) is 5.37 Å². The number of carbonyl (C=O) groups is 2. The number of thioether (sulfide) groups is 1. The molecule has 0 spiro atoms. The molecule has 0 saturated carbocycles. The monoisotopic (exact) mass is 379 g/mol. The number of carboxylic acid groups (broad SMARTS) is 1. The lowest BCUT2D eigenvalue weighted by atomic mass is 10.0. The predicted molar refractivity (Wildman–Crippen MR) is 106 cm³/mol. The first-order valence-electron chi connectivity index (χ1n) is 8.53. The van der Waals surface area contributed by atoms with Gasteiger partial charge in [0.05, 0.1) is 16.3 Å². The van der Waals surface area contributed by atoms with Crippen LogP contribution < -0.4 is 5.32 Å². The van der Waals surface area contributed by atoms with Crippen molar-refractivity contribution in [3.05, 3.63) is 76.8 Å². The summed E-state index contributed by atoms with van der Waals surface area (Å²) in [6.07, 6.45) is -0.821. The molecule has 0 radical (unpaired) electrons. The number of amides is 2. The maximum Gasteiger partial charge on any atom is 0.414 e. The summed E-state index contributed by atoms with van der Waals surface area (Å²) < 4.78 is 0. The van der Waals surface area contributed by atoms with Crippen LogP contribution in [0.4, 0.5) is 10.5 Å². The van der Waals surface area contributed by atoms with Gasteiger partial charge < -0.3 is 10.4 Å². The van der Waals surface area contributed by atoms with Gasteiger partial charge >= 0.3 is 6.09 Å². The number of fused-ring (bicyclic) bond motifs is 1. The van der Waals surface area contributed by atoms with E-state index in [1.54, 1.807) is 0 Å². The van der Waals surface area contributed by atoms with E-state index in [2.05, 4.69) is 5.32 Å². The van der Waals surface area contributed by atoms with Crippen molar-refractivity contribution >= 4 is 35.2 Å². The smallest absolute Gasteiger partial charge is 0.414 e. The number of benzene rings is 2. The molecule has 1 saturated heterocycles. The number of rotatable bonds is 3. The van der Waals surface area contributed by atoms with E-state index in [9.17, 15) is 14.7 Å². The van der Waals surface area contributed by atoms with Crippen molar-refractivity contribution in [1.29, 1.82) is 0 Å². The molecule has 1 fully saturated rings.